The first-order valence-electron chi connectivity index (χ1n) is 8.21. The molecule has 0 spiro atoms. The topological polar surface area (TPSA) is 92.6 Å². The first kappa shape index (κ1) is 14.1. The SMILES string of the molecule is c1cc2nncn2nc1N1CCCN(c2ccc3nncn3n2)CC1. The third-order valence-corrected chi connectivity index (χ3v) is 4.44. The summed E-state index contributed by atoms with van der Waals surface area (Å²) in [6.07, 6.45) is 4.28. The van der Waals surface area contributed by atoms with E-state index in [0.29, 0.717) is 0 Å². The zero-order valence-corrected chi connectivity index (χ0v) is 13.5. The number of hydrogen-bond acceptors (Lipinski definition) is 8. The van der Waals surface area contributed by atoms with Crippen LogP contribution in [-0.2, 0) is 0 Å². The van der Waals surface area contributed by atoms with E-state index in [4.69, 9.17) is 0 Å². The molecule has 0 N–H and O–H groups in total. The number of hydrogen-bond donors (Lipinski definition) is 0. The largest absolute Gasteiger partial charge is 0.353 e. The van der Waals surface area contributed by atoms with Gasteiger partial charge in [0.2, 0.25) is 0 Å². The minimum absolute atomic E-state index is 0.756. The van der Waals surface area contributed by atoms with Crippen LogP contribution in [0.2, 0.25) is 0 Å². The van der Waals surface area contributed by atoms with Gasteiger partial charge in [0.1, 0.15) is 24.3 Å². The van der Waals surface area contributed by atoms with Gasteiger partial charge in [0.15, 0.2) is 11.3 Å². The molecule has 1 fully saturated rings. The monoisotopic (exact) mass is 336 g/mol. The second-order valence-corrected chi connectivity index (χ2v) is 5.98. The van der Waals surface area contributed by atoms with E-state index < -0.39 is 0 Å². The van der Waals surface area contributed by atoms with Crippen LogP contribution < -0.4 is 9.80 Å². The maximum absolute atomic E-state index is 4.60. The molecule has 5 heterocycles. The van der Waals surface area contributed by atoms with Gasteiger partial charge in [-0.05, 0) is 30.7 Å². The van der Waals surface area contributed by atoms with Gasteiger partial charge in [-0.25, -0.2) is 0 Å². The molecule has 1 aliphatic heterocycles. The van der Waals surface area contributed by atoms with Crippen molar-refractivity contribution in [3.8, 4) is 0 Å². The number of aromatic nitrogens is 8. The highest BCUT2D eigenvalue weighted by Crippen LogP contribution is 2.18. The summed E-state index contributed by atoms with van der Waals surface area (Å²) in [4.78, 5) is 4.58. The predicted molar refractivity (Wildman–Crippen MR) is 90.6 cm³/mol. The van der Waals surface area contributed by atoms with Crippen LogP contribution >= 0.6 is 0 Å². The van der Waals surface area contributed by atoms with Gasteiger partial charge in [0, 0.05) is 26.2 Å². The van der Waals surface area contributed by atoms with Crippen LogP contribution in [-0.4, -0.2) is 65.8 Å². The molecule has 4 aromatic heterocycles. The highest BCUT2D eigenvalue weighted by atomic mass is 15.4. The molecule has 126 valence electrons. The van der Waals surface area contributed by atoms with Gasteiger partial charge < -0.3 is 9.80 Å². The summed E-state index contributed by atoms with van der Waals surface area (Å²) in [5.41, 5.74) is 1.51. The quantitative estimate of drug-likeness (QED) is 0.515. The van der Waals surface area contributed by atoms with Crippen molar-refractivity contribution >= 4 is 22.9 Å². The summed E-state index contributed by atoms with van der Waals surface area (Å²) in [5.74, 6) is 1.88. The normalized spacial score (nSPS) is 15.8. The van der Waals surface area contributed by atoms with Crippen molar-refractivity contribution in [2.45, 2.75) is 6.42 Å². The smallest absolute Gasteiger partial charge is 0.177 e. The lowest BCUT2D eigenvalue weighted by Gasteiger charge is -2.23. The lowest BCUT2D eigenvalue weighted by molar-refractivity contribution is 0.773. The first-order valence-corrected chi connectivity index (χ1v) is 8.21. The molecule has 0 radical (unpaired) electrons. The van der Waals surface area contributed by atoms with E-state index in [0.717, 1.165) is 55.5 Å². The van der Waals surface area contributed by atoms with Crippen LogP contribution in [0.15, 0.2) is 36.9 Å². The fourth-order valence-electron chi connectivity index (χ4n) is 3.15. The molecule has 10 heteroatoms. The summed E-state index contributed by atoms with van der Waals surface area (Å²) in [6, 6.07) is 7.89. The molecular formula is C15H16N10. The number of fused-ring (bicyclic) bond motifs is 2. The summed E-state index contributed by atoms with van der Waals surface area (Å²) >= 11 is 0. The summed E-state index contributed by atoms with van der Waals surface area (Å²) < 4.78 is 3.42. The van der Waals surface area contributed by atoms with Crippen LogP contribution in [0.25, 0.3) is 11.3 Å². The van der Waals surface area contributed by atoms with Gasteiger partial charge >= 0.3 is 0 Å². The third kappa shape index (κ3) is 2.51. The molecule has 0 saturated carbocycles. The number of anilines is 2. The van der Waals surface area contributed by atoms with Gasteiger partial charge in [-0.1, -0.05) is 0 Å². The molecule has 10 nitrogen and oxygen atoms in total. The summed E-state index contributed by atoms with van der Waals surface area (Å²) in [6.45, 7) is 3.66. The molecule has 25 heavy (non-hydrogen) atoms. The molecule has 0 aromatic carbocycles. The van der Waals surface area contributed by atoms with Gasteiger partial charge in [-0.2, -0.15) is 9.03 Å². The van der Waals surface area contributed by atoms with Crippen molar-refractivity contribution in [3.63, 3.8) is 0 Å². The van der Waals surface area contributed by atoms with Gasteiger partial charge in [-0.3, -0.25) is 0 Å². The lowest BCUT2D eigenvalue weighted by Crippen LogP contribution is -2.32. The van der Waals surface area contributed by atoms with Gasteiger partial charge in [0.05, 0.1) is 0 Å². The first-order chi connectivity index (χ1) is 12.4. The molecule has 0 aliphatic carbocycles. The second kappa shape index (κ2) is 5.65. The minimum atomic E-state index is 0.756. The Bertz CT molecular complexity index is 939. The Morgan fingerprint density at radius 3 is 1.68 bits per heavy atom. The van der Waals surface area contributed by atoms with E-state index in [1.54, 1.807) is 21.7 Å². The molecule has 0 amide bonds. The highest BCUT2D eigenvalue weighted by Gasteiger charge is 2.18. The maximum atomic E-state index is 4.60. The Balaban J connectivity index is 1.37. The lowest BCUT2D eigenvalue weighted by atomic mass is 10.3. The van der Waals surface area contributed by atoms with Crippen molar-refractivity contribution in [1.82, 2.24) is 39.6 Å². The van der Waals surface area contributed by atoms with E-state index >= 15 is 0 Å². The van der Waals surface area contributed by atoms with Crippen molar-refractivity contribution in [3.05, 3.63) is 36.9 Å². The second-order valence-electron chi connectivity index (χ2n) is 5.98. The molecule has 5 rings (SSSR count). The van der Waals surface area contributed by atoms with Crippen molar-refractivity contribution in [2.24, 2.45) is 0 Å². The van der Waals surface area contributed by atoms with E-state index in [2.05, 4.69) is 40.4 Å². The fourth-order valence-corrected chi connectivity index (χ4v) is 3.15. The molecule has 0 unspecified atom stereocenters. The van der Waals surface area contributed by atoms with E-state index in [-0.39, 0.29) is 0 Å². The summed E-state index contributed by atoms with van der Waals surface area (Å²) in [7, 11) is 0. The van der Waals surface area contributed by atoms with Crippen LogP contribution in [0, 0.1) is 0 Å². The summed E-state index contributed by atoms with van der Waals surface area (Å²) in [5, 5.41) is 24.9. The van der Waals surface area contributed by atoms with E-state index in [1.165, 1.54) is 0 Å². The van der Waals surface area contributed by atoms with Gasteiger partial charge in [0.25, 0.3) is 0 Å². The standard InChI is InChI=1S/C15H16N10/c1-6-22(14-4-2-12-18-16-10-24(12)20-14)8-9-23(7-1)15-5-3-13-19-17-11-25(13)21-15/h2-5,10-11H,1,6-9H2. The van der Waals surface area contributed by atoms with E-state index in [1.807, 2.05) is 24.3 Å². The molecule has 0 atom stereocenters. The van der Waals surface area contributed by atoms with Crippen molar-refractivity contribution in [2.75, 3.05) is 36.0 Å². The van der Waals surface area contributed by atoms with Crippen LogP contribution in [0.5, 0.6) is 0 Å². The fraction of sp³-hybridized carbons (Fsp3) is 0.333. The Kier molecular flexibility index (Phi) is 3.18. The predicted octanol–water partition coefficient (Wildman–Crippen LogP) is 0.279. The average molecular weight is 336 g/mol. The zero-order chi connectivity index (χ0) is 16.6. The van der Waals surface area contributed by atoms with Gasteiger partial charge in [-0.15, -0.1) is 30.6 Å². The Hall–Kier alpha value is -3.30. The zero-order valence-electron chi connectivity index (χ0n) is 13.5. The Morgan fingerprint density at radius 2 is 1.16 bits per heavy atom. The molecule has 1 aliphatic rings. The Morgan fingerprint density at radius 1 is 0.640 bits per heavy atom. The Labute approximate surface area is 142 Å². The van der Waals surface area contributed by atoms with E-state index in [9.17, 15) is 0 Å². The third-order valence-electron chi connectivity index (χ3n) is 4.44. The highest BCUT2D eigenvalue weighted by molar-refractivity contribution is 5.48. The maximum Gasteiger partial charge on any atom is 0.177 e. The van der Waals surface area contributed by atoms with Crippen molar-refractivity contribution < 1.29 is 0 Å². The van der Waals surface area contributed by atoms with Crippen LogP contribution in [0.4, 0.5) is 11.6 Å². The number of nitrogens with zero attached hydrogens (tertiary/aromatic N) is 10. The number of rotatable bonds is 2. The average Bonchev–Trinajstić information content (AvgIpc) is 3.23. The molecule has 0 bridgehead atoms. The molecule has 1 saturated heterocycles. The minimum Gasteiger partial charge on any atom is -0.353 e. The molecular weight excluding hydrogens is 320 g/mol. The van der Waals surface area contributed by atoms with Crippen molar-refractivity contribution in [1.29, 1.82) is 0 Å². The molecule has 4 aromatic rings. The van der Waals surface area contributed by atoms with Crippen LogP contribution in [0.1, 0.15) is 6.42 Å². The van der Waals surface area contributed by atoms with Crippen LogP contribution in [0.3, 0.4) is 0 Å².